The first-order chi connectivity index (χ1) is 15.4. The second-order valence-electron chi connectivity index (χ2n) is 7.67. The fourth-order valence-corrected chi connectivity index (χ4v) is 4.62. The number of carbonyl (C=O) groups is 1. The van der Waals surface area contributed by atoms with Crippen LogP contribution in [0.4, 0.5) is 0 Å². The predicted molar refractivity (Wildman–Crippen MR) is 126 cm³/mol. The molecule has 0 saturated carbocycles. The van der Waals surface area contributed by atoms with Crippen molar-refractivity contribution in [3.63, 3.8) is 0 Å². The molecule has 32 heavy (non-hydrogen) atoms. The van der Waals surface area contributed by atoms with Crippen molar-refractivity contribution in [3.8, 4) is 5.75 Å². The zero-order valence-corrected chi connectivity index (χ0v) is 19.5. The van der Waals surface area contributed by atoms with Crippen LogP contribution in [0.15, 0.2) is 59.5 Å². The van der Waals surface area contributed by atoms with Gasteiger partial charge in [0.25, 0.3) is 0 Å². The lowest BCUT2D eigenvalue weighted by Gasteiger charge is -2.34. The molecule has 172 valence electrons. The zero-order valence-electron chi connectivity index (χ0n) is 18.7. The lowest BCUT2D eigenvalue weighted by Crippen LogP contribution is -2.48. The lowest BCUT2D eigenvalue weighted by molar-refractivity contribution is -0.127. The van der Waals surface area contributed by atoms with E-state index in [1.165, 1.54) is 5.56 Å². The highest BCUT2D eigenvalue weighted by Gasteiger charge is 2.19. The molecule has 0 aromatic heterocycles. The van der Waals surface area contributed by atoms with Crippen LogP contribution < -0.4 is 9.46 Å². The number of hydrogen-bond acceptors (Lipinski definition) is 5. The van der Waals surface area contributed by atoms with E-state index >= 15 is 0 Å². The number of amides is 1. The highest BCUT2D eigenvalue weighted by Crippen LogP contribution is 2.14. The second kappa shape index (κ2) is 11.3. The number of nitrogens with zero attached hydrogens (tertiary/aromatic N) is 2. The maximum Gasteiger partial charge on any atom is 0.246 e. The number of rotatable bonds is 9. The Balaban J connectivity index is 1.45. The molecular weight excluding hydrogens is 426 g/mol. The second-order valence-corrected chi connectivity index (χ2v) is 9.44. The minimum absolute atomic E-state index is 0.0239. The van der Waals surface area contributed by atoms with Gasteiger partial charge in [0.1, 0.15) is 5.75 Å². The van der Waals surface area contributed by atoms with E-state index in [9.17, 15) is 13.2 Å². The molecule has 1 aliphatic rings. The molecule has 0 aliphatic carbocycles. The molecule has 1 amide bonds. The summed E-state index contributed by atoms with van der Waals surface area (Å²) in [6.45, 7) is 6.15. The SMILES string of the molecule is CCNS(=O)(=O)c1ccc(/C=C/C(=O)N2CCN(CCc3ccc(OC)cc3)CC2)cc1. The Labute approximate surface area is 190 Å². The number of sulfonamides is 1. The van der Waals surface area contributed by atoms with Crippen molar-refractivity contribution >= 4 is 22.0 Å². The molecule has 3 rings (SSSR count). The summed E-state index contributed by atoms with van der Waals surface area (Å²) < 4.78 is 31.6. The van der Waals surface area contributed by atoms with E-state index in [0.29, 0.717) is 19.6 Å². The summed E-state index contributed by atoms with van der Waals surface area (Å²) in [7, 11) is -1.80. The maximum absolute atomic E-state index is 12.5. The van der Waals surface area contributed by atoms with Gasteiger partial charge in [-0.25, -0.2) is 13.1 Å². The average Bonchev–Trinajstić information content (AvgIpc) is 2.82. The van der Waals surface area contributed by atoms with Crippen LogP contribution in [0.3, 0.4) is 0 Å². The summed E-state index contributed by atoms with van der Waals surface area (Å²) in [5.41, 5.74) is 2.06. The van der Waals surface area contributed by atoms with Crippen LogP contribution in [0.25, 0.3) is 6.08 Å². The van der Waals surface area contributed by atoms with Crippen molar-refractivity contribution in [2.45, 2.75) is 18.2 Å². The minimum Gasteiger partial charge on any atom is -0.497 e. The maximum atomic E-state index is 12.5. The third-order valence-electron chi connectivity index (χ3n) is 5.50. The molecule has 1 saturated heterocycles. The normalized spacial score (nSPS) is 15.2. The van der Waals surface area contributed by atoms with Gasteiger partial charge in [0.2, 0.25) is 15.9 Å². The van der Waals surface area contributed by atoms with Gasteiger partial charge >= 0.3 is 0 Å². The summed E-state index contributed by atoms with van der Waals surface area (Å²) in [4.78, 5) is 17.0. The number of piperazine rings is 1. The van der Waals surface area contributed by atoms with Crippen LogP contribution in [0, 0.1) is 0 Å². The van der Waals surface area contributed by atoms with Crippen LogP contribution in [0.2, 0.25) is 0 Å². The Kier molecular flexibility index (Phi) is 8.44. The molecule has 2 aromatic rings. The van der Waals surface area contributed by atoms with E-state index < -0.39 is 10.0 Å². The predicted octanol–water partition coefficient (Wildman–Crippen LogP) is 2.39. The van der Waals surface area contributed by atoms with Crippen molar-refractivity contribution in [1.29, 1.82) is 0 Å². The van der Waals surface area contributed by atoms with Gasteiger partial charge in [0, 0.05) is 45.3 Å². The van der Waals surface area contributed by atoms with E-state index in [1.807, 2.05) is 17.0 Å². The highest BCUT2D eigenvalue weighted by molar-refractivity contribution is 7.89. The molecule has 0 radical (unpaired) electrons. The van der Waals surface area contributed by atoms with Gasteiger partial charge in [-0.05, 0) is 47.9 Å². The minimum atomic E-state index is -3.47. The Hall–Kier alpha value is -2.68. The first-order valence-corrected chi connectivity index (χ1v) is 12.3. The Morgan fingerprint density at radius 2 is 1.69 bits per heavy atom. The van der Waals surface area contributed by atoms with E-state index in [2.05, 4.69) is 21.8 Å². The van der Waals surface area contributed by atoms with E-state index in [4.69, 9.17) is 4.74 Å². The first-order valence-electron chi connectivity index (χ1n) is 10.8. The molecule has 8 heteroatoms. The fourth-order valence-electron chi connectivity index (χ4n) is 3.58. The number of hydrogen-bond donors (Lipinski definition) is 1. The third kappa shape index (κ3) is 6.66. The molecule has 1 fully saturated rings. The molecule has 1 aliphatic heterocycles. The lowest BCUT2D eigenvalue weighted by atomic mass is 10.1. The van der Waals surface area contributed by atoms with E-state index in [1.54, 1.807) is 50.5 Å². The molecule has 0 atom stereocenters. The van der Waals surface area contributed by atoms with Crippen LogP contribution in [0.1, 0.15) is 18.1 Å². The molecule has 0 spiro atoms. The molecular formula is C24H31N3O4S. The smallest absolute Gasteiger partial charge is 0.246 e. The van der Waals surface area contributed by atoms with Gasteiger partial charge in [0.15, 0.2) is 0 Å². The molecule has 2 aromatic carbocycles. The van der Waals surface area contributed by atoms with Gasteiger partial charge in [-0.3, -0.25) is 9.69 Å². The van der Waals surface area contributed by atoms with Crippen molar-refractivity contribution in [3.05, 3.63) is 65.7 Å². The van der Waals surface area contributed by atoms with Crippen LogP contribution in [-0.2, 0) is 21.2 Å². The number of nitrogens with one attached hydrogen (secondary N) is 1. The number of carbonyl (C=O) groups excluding carboxylic acids is 1. The highest BCUT2D eigenvalue weighted by atomic mass is 32.2. The standard InChI is InChI=1S/C24H31N3O4S/c1-3-25-32(29,30)23-11-6-20(7-12-23)8-13-24(28)27-18-16-26(17-19-27)15-14-21-4-9-22(31-2)10-5-21/h4-13,25H,3,14-19H2,1-2H3/b13-8+. The molecule has 0 bridgehead atoms. The van der Waals surface area contributed by atoms with Crippen molar-refractivity contribution < 1.29 is 17.9 Å². The summed E-state index contributed by atoms with van der Waals surface area (Å²) >= 11 is 0. The summed E-state index contributed by atoms with van der Waals surface area (Å²) in [5.74, 6) is 0.840. The van der Waals surface area contributed by atoms with E-state index in [0.717, 1.165) is 37.4 Å². The van der Waals surface area contributed by atoms with Crippen LogP contribution in [0.5, 0.6) is 5.75 Å². The molecule has 0 unspecified atom stereocenters. The molecule has 1 N–H and O–H groups in total. The van der Waals surface area contributed by atoms with Gasteiger partial charge < -0.3 is 9.64 Å². The monoisotopic (exact) mass is 457 g/mol. The average molecular weight is 458 g/mol. The Morgan fingerprint density at radius 1 is 1.03 bits per heavy atom. The molecule has 7 nitrogen and oxygen atoms in total. The number of benzene rings is 2. The Morgan fingerprint density at radius 3 is 2.28 bits per heavy atom. The van der Waals surface area contributed by atoms with E-state index in [-0.39, 0.29) is 10.8 Å². The van der Waals surface area contributed by atoms with Crippen molar-refractivity contribution in [2.24, 2.45) is 0 Å². The third-order valence-corrected chi connectivity index (χ3v) is 7.06. The topological polar surface area (TPSA) is 79.0 Å². The van der Waals surface area contributed by atoms with Gasteiger partial charge in [0.05, 0.1) is 12.0 Å². The van der Waals surface area contributed by atoms with Crippen molar-refractivity contribution in [2.75, 3.05) is 46.4 Å². The summed E-state index contributed by atoms with van der Waals surface area (Å²) in [5, 5.41) is 0. The number of ether oxygens (including phenoxy) is 1. The van der Waals surface area contributed by atoms with Gasteiger partial charge in [-0.1, -0.05) is 31.2 Å². The summed E-state index contributed by atoms with van der Waals surface area (Å²) in [6.07, 6.45) is 4.25. The van der Waals surface area contributed by atoms with Crippen LogP contribution >= 0.6 is 0 Å². The quantitative estimate of drug-likeness (QED) is 0.585. The fraction of sp³-hybridized carbons (Fsp3) is 0.375. The molecule has 1 heterocycles. The first kappa shape index (κ1) is 24.0. The van der Waals surface area contributed by atoms with Crippen molar-refractivity contribution in [1.82, 2.24) is 14.5 Å². The zero-order chi connectivity index (χ0) is 23.0. The van der Waals surface area contributed by atoms with Crippen LogP contribution in [-0.4, -0.2) is 70.5 Å². The largest absolute Gasteiger partial charge is 0.497 e. The van der Waals surface area contributed by atoms with Gasteiger partial charge in [-0.15, -0.1) is 0 Å². The Bertz CT molecular complexity index is 1010. The summed E-state index contributed by atoms with van der Waals surface area (Å²) in [6, 6.07) is 14.6. The number of methoxy groups -OCH3 is 1. The van der Waals surface area contributed by atoms with Gasteiger partial charge in [-0.2, -0.15) is 0 Å².